The van der Waals surface area contributed by atoms with Gasteiger partial charge in [0, 0.05) is 38.8 Å². The van der Waals surface area contributed by atoms with E-state index in [4.69, 9.17) is 4.74 Å². The van der Waals surface area contributed by atoms with Crippen molar-refractivity contribution in [2.45, 2.75) is 44.0 Å². The van der Waals surface area contributed by atoms with Gasteiger partial charge >= 0.3 is 6.18 Å². The largest absolute Gasteiger partial charge is 0.418 e. The molecule has 2 heterocycles. The number of amides is 2. The van der Waals surface area contributed by atoms with Crippen LogP contribution in [-0.2, 0) is 20.5 Å². The predicted octanol–water partition coefficient (Wildman–Crippen LogP) is 2.43. The summed E-state index contributed by atoms with van der Waals surface area (Å²) in [6.07, 6.45) is 0.178. The van der Waals surface area contributed by atoms with Gasteiger partial charge < -0.3 is 15.0 Å². The van der Waals surface area contributed by atoms with E-state index in [1.807, 2.05) is 9.80 Å². The van der Waals surface area contributed by atoms with Gasteiger partial charge in [0.05, 0.1) is 37.1 Å². The van der Waals surface area contributed by atoms with Gasteiger partial charge in [-0.25, -0.2) is 0 Å². The Morgan fingerprint density at radius 2 is 1.73 bits per heavy atom. The lowest BCUT2D eigenvalue weighted by Gasteiger charge is -2.44. The first-order valence-corrected chi connectivity index (χ1v) is 11.6. The summed E-state index contributed by atoms with van der Waals surface area (Å²) in [5.74, 6) is -0.410. The van der Waals surface area contributed by atoms with Gasteiger partial charge in [-0.2, -0.15) is 13.2 Å². The van der Waals surface area contributed by atoms with E-state index in [-0.39, 0.29) is 24.2 Å². The zero-order valence-corrected chi connectivity index (χ0v) is 18.6. The van der Waals surface area contributed by atoms with Crippen molar-refractivity contribution >= 4 is 17.5 Å². The molecule has 4 rings (SSSR count). The van der Waals surface area contributed by atoms with Crippen molar-refractivity contribution in [2.75, 3.05) is 57.7 Å². The smallest absolute Gasteiger partial charge is 0.375 e. The second-order valence-corrected chi connectivity index (χ2v) is 8.98. The first kappa shape index (κ1) is 24.0. The molecule has 1 saturated carbocycles. The monoisotopic (exact) mass is 468 g/mol. The van der Waals surface area contributed by atoms with E-state index in [9.17, 15) is 22.8 Å². The molecule has 10 heteroatoms. The molecule has 1 aliphatic carbocycles. The standard InChI is InChI=1S/C23H31F3N4O3/c24-23(25,26)17-5-1-2-6-18(17)27-21(31)15-28-9-11-29(12-10-28)22(32)16-30-13-14-33-20-8-4-3-7-19(20)30/h1-2,5-6,19-20H,3-4,7-16H2,(H,27,31). The van der Waals surface area contributed by atoms with Gasteiger partial charge in [-0.05, 0) is 25.0 Å². The van der Waals surface area contributed by atoms with E-state index >= 15 is 0 Å². The highest BCUT2D eigenvalue weighted by Gasteiger charge is 2.36. The number of carbonyl (C=O) groups is 2. The van der Waals surface area contributed by atoms with Crippen LogP contribution < -0.4 is 5.32 Å². The molecule has 1 aromatic rings. The first-order chi connectivity index (χ1) is 15.8. The summed E-state index contributed by atoms with van der Waals surface area (Å²) in [6, 6.07) is 5.27. The second-order valence-electron chi connectivity index (χ2n) is 8.98. The number of halogens is 3. The van der Waals surface area contributed by atoms with Crippen molar-refractivity contribution in [3.8, 4) is 0 Å². The van der Waals surface area contributed by atoms with E-state index in [1.54, 1.807) is 0 Å². The van der Waals surface area contributed by atoms with Crippen molar-refractivity contribution in [1.82, 2.24) is 14.7 Å². The van der Waals surface area contributed by atoms with Crippen LogP contribution in [0.4, 0.5) is 18.9 Å². The fraction of sp³-hybridized carbons (Fsp3) is 0.652. The van der Waals surface area contributed by atoms with Crippen LogP contribution in [0.2, 0.25) is 0 Å². The topological polar surface area (TPSA) is 65.1 Å². The van der Waals surface area contributed by atoms with Crippen molar-refractivity contribution in [1.29, 1.82) is 0 Å². The van der Waals surface area contributed by atoms with Crippen LogP contribution in [0, 0.1) is 0 Å². The minimum Gasteiger partial charge on any atom is -0.375 e. The molecule has 1 aromatic carbocycles. The van der Waals surface area contributed by atoms with Crippen LogP contribution in [0.3, 0.4) is 0 Å². The maximum Gasteiger partial charge on any atom is 0.418 e. The molecule has 3 aliphatic rings. The van der Waals surface area contributed by atoms with Crippen LogP contribution in [0.5, 0.6) is 0 Å². The number of fused-ring (bicyclic) bond motifs is 1. The lowest BCUT2D eigenvalue weighted by molar-refractivity contribution is -0.140. The molecule has 2 atom stereocenters. The van der Waals surface area contributed by atoms with Crippen molar-refractivity contribution in [3.05, 3.63) is 29.8 Å². The van der Waals surface area contributed by atoms with Crippen LogP contribution in [0.15, 0.2) is 24.3 Å². The molecule has 0 bridgehead atoms. The Hall–Kier alpha value is -2.17. The molecular formula is C23H31F3N4O3. The lowest BCUT2D eigenvalue weighted by atomic mass is 9.90. The van der Waals surface area contributed by atoms with Crippen LogP contribution in [0.1, 0.15) is 31.2 Å². The number of nitrogens with one attached hydrogen (secondary N) is 1. The molecule has 33 heavy (non-hydrogen) atoms. The zero-order valence-electron chi connectivity index (χ0n) is 18.6. The summed E-state index contributed by atoms with van der Waals surface area (Å²) in [7, 11) is 0. The van der Waals surface area contributed by atoms with Gasteiger partial charge in [0.25, 0.3) is 0 Å². The van der Waals surface area contributed by atoms with Crippen molar-refractivity contribution < 1.29 is 27.5 Å². The number of para-hydroxylation sites is 1. The summed E-state index contributed by atoms with van der Waals surface area (Å²) in [6.45, 7) is 3.83. The molecule has 7 nitrogen and oxygen atoms in total. The zero-order chi connectivity index (χ0) is 23.4. The summed E-state index contributed by atoms with van der Waals surface area (Å²) in [5.41, 5.74) is -1.10. The maximum atomic E-state index is 13.1. The van der Waals surface area contributed by atoms with Crippen molar-refractivity contribution in [2.24, 2.45) is 0 Å². The average Bonchev–Trinajstić information content (AvgIpc) is 2.79. The third-order valence-electron chi connectivity index (χ3n) is 6.78. The number of morpholine rings is 1. The number of alkyl halides is 3. The number of ether oxygens (including phenoxy) is 1. The molecule has 182 valence electrons. The van der Waals surface area contributed by atoms with Crippen LogP contribution in [-0.4, -0.2) is 91.1 Å². The number of rotatable bonds is 5. The minimum absolute atomic E-state index is 0.0125. The summed E-state index contributed by atoms with van der Waals surface area (Å²) < 4.78 is 45.3. The fourth-order valence-corrected chi connectivity index (χ4v) is 5.03. The van der Waals surface area contributed by atoms with E-state index in [2.05, 4.69) is 10.2 Å². The third kappa shape index (κ3) is 6.04. The molecular weight excluding hydrogens is 437 g/mol. The van der Waals surface area contributed by atoms with Gasteiger partial charge in [0.1, 0.15) is 0 Å². The molecule has 0 radical (unpaired) electrons. The molecule has 0 aromatic heterocycles. The average molecular weight is 469 g/mol. The highest BCUT2D eigenvalue weighted by Crippen LogP contribution is 2.34. The normalized spacial score (nSPS) is 24.9. The van der Waals surface area contributed by atoms with Gasteiger partial charge in [0.2, 0.25) is 11.8 Å². The quantitative estimate of drug-likeness (QED) is 0.719. The number of hydrogen-bond acceptors (Lipinski definition) is 5. The Labute approximate surface area is 191 Å². The number of anilines is 1. The van der Waals surface area contributed by atoms with Crippen LogP contribution in [0.25, 0.3) is 0 Å². The maximum absolute atomic E-state index is 13.1. The second kappa shape index (κ2) is 10.4. The van der Waals surface area contributed by atoms with Gasteiger partial charge in [-0.15, -0.1) is 0 Å². The SMILES string of the molecule is O=C(CN1CCN(C(=O)CN2CCOC3CCCCC32)CC1)Nc1ccccc1C(F)(F)F. The number of nitrogens with zero attached hydrogens (tertiary/aromatic N) is 3. The summed E-state index contributed by atoms with van der Waals surface area (Å²) >= 11 is 0. The van der Waals surface area contributed by atoms with Gasteiger partial charge in [-0.3, -0.25) is 19.4 Å². The molecule has 2 saturated heterocycles. The Bertz CT molecular complexity index is 840. The summed E-state index contributed by atoms with van der Waals surface area (Å²) in [5, 5.41) is 2.38. The number of carbonyl (C=O) groups excluding carboxylic acids is 2. The van der Waals surface area contributed by atoms with Gasteiger partial charge in [-0.1, -0.05) is 25.0 Å². The van der Waals surface area contributed by atoms with Crippen molar-refractivity contribution in [3.63, 3.8) is 0 Å². The number of piperazine rings is 1. The highest BCUT2D eigenvalue weighted by molar-refractivity contribution is 5.93. The Morgan fingerprint density at radius 3 is 2.48 bits per heavy atom. The van der Waals surface area contributed by atoms with Gasteiger partial charge in [0.15, 0.2) is 0 Å². The van der Waals surface area contributed by atoms with Crippen LogP contribution >= 0.6 is 0 Å². The molecule has 0 spiro atoms. The lowest BCUT2D eigenvalue weighted by Crippen LogP contribution is -2.57. The first-order valence-electron chi connectivity index (χ1n) is 11.6. The number of hydrogen-bond donors (Lipinski definition) is 1. The molecule has 1 N–H and O–H groups in total. The molecule has 2 amide bonds. The van der Waals surface area contributed by atoms with E-state index in [0.717, 1.165) is 25.5 Å². The minimum atomic E-state index is -4.53. The molecule has 2 aliphatic heterocycles. The Balaban J connectivity index is 1.24. The molecule has 2 unspecified atom stereocenters. The Morgan fingerprint density at radius 1 is 1.00 bits per heavy atom. The van der Waals surface area contributed by atoms with E-state index in [0.29, 0.717) is 45.4 Å². The number of benzene rings is 1. The molecule has 3 fully saturated rings. The van der Waals surface area contributed by atoms with E-state index < -0.39 is 17.6 Å². The predicted molar refractivity (Wildman–Crippen MR) is 117 cm³/mol. The third-order valence-corrected chi connectivity index (χ3v) is 6.78. The fourth-order valence-electron chi connectivity index (χ4n) is 5.03. The Kier molecular flexibility index (Phi) is 7.55. The highest BCUT2D eigenvalue weighted by atomic mass is 19.4. The summed E-state index contributed by atoms with van der Waals surface area (Å²) in [4.78, 5) is 31.2. The van der Waals surface area contributed by atoms with E-state index in [1.165, 1.54) is 31.0 Å².